The maximum absolute atomic E-state index is 13.1. The maximum atomic E-state index is 13.1. The average Bonchev–Trinajstić information content (AvgIpc) is 3.18. The second kappa shape index (κ2) is 6.10. The summed E-state index contributed by atoms with van der Waals surface area (Å²) in [6.45, 7) is 3.55. The van der Waals surface area contributed by atoms with Gasteiger partial charge in [-0.15, -0.1) is 0 Å². The number of nitrogens with zero attached hydrogens (tertiary/aromatic N) is 1. The molecule has 1 aromatic carbocycles. The number of hydrogen-bond donors (Lipinski definition) is 0. The number of carbonyl (C=O) groups is 1. The molecule has 3 heteroatoms. The quantitative estimate of drug-likeness (QED) is 0.691. The number of hydrogen-bond acceptors (Lipinski definition) is 2. The summed E-state index contributed by atoms with van der Waals surface area (Å²) in [4.78, 5) is 14.3. The van der Waals surface area contributed by atoms with Gasteiger partial charge >= 0.3 is 0 Å². The van der Waals surface area contributed by atoms with Crippen LogP contribution in [-0.4, -0.2) is 29.8 Å². The van der Waals surface area contributed by atoms with E-state index in [1.54, 1.807) is 12.1 Å². The van der Waals surface area contributed by atoms with Crippen LogP contribution < -0.4 is 0 Å². The summed E-state index contributed by atoms with van der Waals surface area (Å²) in [5, 5.41) is 0. The van der Waals surface area contributed by atoms with Crippen molar-refractivity contribution in [2.24, 2.45) is 0 Å². The summed E-state index contributed by atoms with van der Waals surface area (Å²) in [6, 6.07) is 6.56. The van der Waals surface area contributed by atoms with Crippen molar-refractivity contribution in [1.29, 1.82) is 0 Å². The summed E-state index contributed by atoms with van der Waals surface area (Å²) in [5.41, 5.74) is 0.483. The van der Waals surface area contributed by atoms with Crippen LogP contribution in [-0.2, 0) is 0 Å². The van der Waals surface area contributed by atoms with Gasteiger partial charge in [0, 0.05) is 11.6 Å². The Balaban J connectivity index is 1.95. The Morgan fingerprint density at radius 1 is 1.44 bits per heavy atom. The Kier molecular flexibility index (Phi) is 4.48. The van der Waals surface area contributed by atoms with E-state index in [0.717, 1.165) is 19.4 Å². The lowest BCUT2D eigenvalue weighted by molar-refractivity contribution is 0.0923. The van der Waals surface area contributed by atoms with Crippen LogP contribution in [0.5, 0.6) is 0 Å². The molecule has 2 nitrogen and oxygen atoms in total. The van der Waals surface area contributed by atoms with Gasteiger partial charge in [0.1, 0.15) is 5.82 Å². The molecule has 0 saturated heterocycles. The first kappa shape index (κ1) is 13.2. The van der Waals surface area contributed by atoms with Crippen LogP contribution in [0, 0.1) is 5.82 Å². The lowest BCUT2D eigenvalue weighted by Crippen LogP contribution is -2.32. The van der Waals surface area contributed by atoms with Crippen LogP contribution in [0.2, 0.25) is 0 Å². The molecule has 0 radical (unpaired) electrons. The zero-order valence-electron chi connectivity index (χ0n) is 10.9. The predicted molar refractivity (Wildman–Crippen MR) is 70.2 cm³/mol. The molecule has 0 atom stereocenters. The van der Waals surface area contributed by atoms with Crippen LogP contribution >= 0.6 is 0 Å². The van der Waals surface area contributed by atoms with E-state index in [1.807, 2.05) is 0 Å². The van der Waals surface area contributed by atoms with Crippen molar-refractivity contribution >= 4 is 5.78 Å². The highest BCUT2D eigenvalue weighted by atomic mass is 19.1. The standard InChI is InChI=1S/C15H20FNO/c1-2-3-9-17(14-7-8-14)11-15(18)12-5-4-6-13(16)10-12/h4-6,10,14H,2-3,7-9,11H2,1H3. The molecule has 0 spiro atoms. The third-order valence-electron chi connectivity index (χ3n) is 3.36. The molecule has 1 fully saturated rings. The zero-order chi connectivity index (χ0) is 13.0. The lowest BCUT2D eigenvalue weighted by atomic mass is 10.1. The summed E-state index contributed by atoms with van der Waals surface area (Å²) < 4.78 is 13.1. The molecule has 98 valence electrons. The number of benzene rings is 1. The van der Waals surface area contributed by atoms with Crippen LogP contribution in [0.1, 0.15) is 43.0 Å². The number of halogens is 1. The van der Waals surface area contributed by atoms with E-state index in [-0.39, 0.29) is 11.6 Å². The van der Waals surface area contributed by atoms with Gasteiger partial charge in [0.05, 0.1) is 6.54 Å². The number of ketones is 1. The average molecular weight is 249 g/mol. The van der Waals surface area contributed by atoms with Crippen molar-refractivity contribution in [2.75, 3.05) is 13.1 Å². The van der Waals surface area contributed by atoms with Gasteiger partial charge in [-0.05, 0) is 37.9 Å². The molecule has 18 heavy (non-hydrogen) atoms. The molecule has 0 amide bonds. The summed E-state index contributed by atoms with van der Waals surface area (Å²) in [5.74, 6) is -0.315. The zero-order valence-corrected chi connectivity index (χ0v) is 10.9. The number of Topliss-reactive ketones (excluding diaryl/α,β-unsaturated/α-hetero) is 1. The highest BCUT2D eigenvalue weighted by Gasteiger charge is 2.29. The minimum atomic E-state index is -0.340. The van der Waals surface area contributed by atoms with E-state index in [9.17, 15) is 9.18 Å². The first-order valence-corrected chi connectivity index (χ1v) is 6.73. The second-order valence-electron chi connectivity index (χ2n) is 4.99. The fourth-order valence-electron chi connectivity index (χ4n) is 2.13. The van der Waals surface area contributed by atoms with Crippen LogP contribution in [0.4, 0.5) is 4.39 Å². The largest absolute Gasteiger partial charge is 0.293 e. The molecule has 0 N–H and O–H groups in total. The molecule has 0 bridgehead atoms. The van der Waals surface area contributed by atoms with Gasteiger partial charge < -0.3 is 0 Å². The first-order chi connectivity index (χ1) is 8.70. The van der Waals surface area contributed by atoms with Crippen LogP contribution in [0.15, 0.2) is 24.3 Å². The van der Waals surface area contributed by atoms with Gasteiger partial charge in [-0.1, -0.05) is 25.5 Å². The van der Waals surface area contributed by atoms with Gasteiger partial charge in [0.15, 0.2) is 5.78 Å². The molecule has 1 saturated carbocycles. The predicted octanol–water partition coefficient (Wildman–Crippen LogP) is 3.27. The van der Waals surface area contributed by atoms with Crippen molar-refractivity contribution in [2.45, 2.75) is 38.6 Å². The van der Waals surface area contributed by atoms with E-state index < -0.39 is 0 Å². The smallest absolute Gasteiger partial charge is 0.176 e. The molecule has 0 heterocycles. The SMILES string of the molecule is CCCCN(CC(=O)c1cccc(F)c1)C1CC1. The number of carbonyl (C=O) groups excluding carboxylic acids is 1. The van der Waals surface area contributed by atoms with E-state index in [4.69, 9.17) is 0 Å². The molecule has 1 aliphatic carbocycles. The van der Waals surface area contributed by atoms with E-state index >= 15 is 0 Å². The topological polar surface area (TPSA) is 20.3 Å². The highest BCUT2D eigenvalue weighted by molar-refractivity contribution is 5.97. The summed E-state index contributed by atoms with van der Waals surface area (Å²) in [6.07, 6.45) is 4.64. The minimum Gasteiger partial charge on any atom is -0.293 e. The van der Waals surface area contributed by atoms with Crippen molar-refractivity contribution in [1.82, 2.24) is 4.90 Å². The van der Waals surface area contributed by atoms with Crippen LogP contribution in [0.3, 0.4) is 0 Å². The van der Waals surface area contributed by atoms with E-state index in [0.29, 0.717) is 18.2 Å². The molecular weight excluding hydrogens is 229 g/mol. The highest BCUT2D eigenvalue weighted by Crippen LogP contribution is 2.27. The van der Waals surface area contributed by atoms with Gasteiger partial charge in [-0.25, -0.2) is 4.39 Å². The van der Waals surface area contributed by atoms with Gasteiger partial charge in [-0.2, -0.15) is 0 Å². The molecule has 2 rings (SSSR count). The van der Waals surface area contributed by atoms with Crippen LogP contribution in [0.25, 0.3) is 0 Å². The molecule has 1 aliphatic rings. The minimum absolute atomic E-state index is 0.0255. The summed E-state index contributed by atoms with van der Waals surface area (Å²) >= 11 is 0. The first-order valence-electron chi connectivity index (χ1n) is 6.73. The fraction of sp³-hybridized carbons (Fsp3) is 0.533. The molecular formula is C15H20FNO. The van der Waals surface area contributed by atoms with Crippen molar-refractivity contribution in [3.05, 3.63) is 35.6 Å². The Morgan fingerprint density at radius 2 is 2.22 bits per heavy atom. The summed E-state index contributed by atoms with van der Waals surface area (Å²) in [7, 11) is 0. The molecule has 0 aromatic heterocycles. The monoisotopic (exact) mass is 249 g/mol. The second-order valence-corrected chi connectivity index (χ2v) is 4.99. The Bertz CT molecular complexity index is 415. The molecule has 0 unspecified atom stereocenters. The van der Waals surface area contributed by atoms with E-state index in [2.05, 4.69) is 11.8 Å². The fourth-order valence-corrected chi connectivity index (χ4v) is 2.13. The van der Waals surface area contributed by atoms with Crippen molar-refractivity contribution in [3.8, 4) is 0 Å². The van der Waals surface area contributed by atoms with Crippen molar-refractivity contribution in [3.63, 3.8) is 0 Å². The third kappa shape index (κ3) is 3.64. The van der Waals surface area contributed by atoms with Gasteiger partial charge in [0.25, 0.3) is 0 Å². The van der Waals surface area contributed by atoms with Gasteiger partial charge in [0.2, 0.25) is 0 Å². The molecule has 1 aromatic rings. The molecule has 0 aliphatic heterocycles. The Labute approximate surface area is 108 Å². The third-order valence-corrected chi connectivity index (χ3v) is 3.36. The number of unbranched alkanes of at least 4 members (excludes halogenated alkanes) is 1. The van der Waals surface area contributed by atoms with Gasteiger partial charge in [-0.3, -0.25) is 9.69 Å². The maximum Gasteiger partial charge on any atom is 0.176 e. The normalized spacial score (nSPS) is 15.1. The Hall–Kier alpha value is -1.22. The van der Waals surface area contributed by atoms with E-state index in [1.165, 1.54) is 25.0 Å². The number of rotatable bonds is 7. The lowest BCUT2D eigenvalue weighted by Gasteiger charge is -2.20. The van der Waals surface area contributed by atoms with Crippen molar-refractivity contribution < 1.29 is 9.18 Å². The Morgan fingerprint density at radius 3 is 2.83 bits per heavy atom.